The van der Waals surface area contributed by atoms with Crippen molar-refractivity contribution in [3.63, 3.8) is 0 Å². The van der Waals surface area contributed by atoms with Gasteiger partial charge in [0.25, 0.3) is 0 Å². The van der Waals surface area contributed by atoms with Gasteiger partial charge in [-0.1, -0.05) is 109 Å². The summed E-state index contributed by atoms with van der Waals surface area (Å²) in [4.78, 5) is 30.9. The molecule has 0 aliphatic carbocycles. The molecule has 0 bridgehead atoms. The van der Waals surface area contributed by atoms with Crippen LogP contribution in [-0.4, -0.2) is 59.9 Å². The summed E-state index contributed by atoms with van der Waals surface area (Å²) in [6.45, 7) is 4.43. The van der Waals surface area contributed by atoms with E-state index in [1.165, 1.54) is 11.1 Å². The van der Waals surface area contributed by atoms with Crippen LogP contribution in [0, 0.1) is 0 Å². The van der Waals surface area contributed by atoms with E-state index in [1.807, 2.05) is 21.9 Å². The van der Waals surface area contributed by atoms with Crippen molar-refractivity contribution in [3.8, 4) is 11.1 Å². The van der Waals surface area contributed by atoms with E-state index >= 15 is 0 Å². The van der Waals surface area contributed by atoms with Crippen LogP contribution in [0.1, 0.15) is 47.9 Å². The van der Waals surface area contributed by atoms with Crippen LogP contribution in [-0.2, 0) is 35.5 Å². The van der Waals surface area contributed by atoms with E-state index in [1.54, 1.807) is 0 Å². The van der Waals surface area contributed by atoms with Crippen LogP contribution in [0.25, 0.3) is 11.1 Å². The summed E-state index contributed by atoms with van der Waals surface area (Å²) in [5.41, 5.74) is 7.04. The van der Waals surface area contributed by atoms with Crippen LogP contribution in [0.3, 0.4) is 0 Å². The van der Waals surface area contributed by atoms with Crippen molar-refractivity contribution in [3.05, 3.63) is 131 Å². The van der Waals surface area contributed by atoms with E-state index in [-0.39, 0.29) is 23.9 Å². The van der Waals surface area contributed by atoms with Crippen LogP contribution < -0.4 is 10.6 Å². The largest absolute Gasteiger partial charge is 0.337 e. The molecule has 2 heterocycles. The first-order chi connectivity index (χ1) is 22.6. The second-order valence-electron chi connectivity index (χ2n) is 12.7. The van der Waals surface area contributed by atoms with Crippen LogP contribution in [0.15, 0.2) is 109 Å². The third-order valence-corrected chi connectivity index (χ3v) is 9.35. The van der Waals surface area contributed by atoms with Gasteiger partial charge in [-0.25, -0.2) is 0 Å². The molecule has 4 aromatic rings. The summed E-state index contributed by atoms with van der Waals surface area (Å²) in [5, 5.41) is 6.77. The highest BCUT2D eigenvalue weighted by atomic mass is 16.2. The van der Waals surface area contributed by atoms with E-state index in [0.717, 1.165) is 73.9 Å². The van der Waals surface area contributed by atoms with Gasteiger partial charge < -0.3 is 20.4 Å². The van der Waals surface area contributed by atoms with Crippen LogP contribution >= 0.6 is 0 Å². The van der Waals surface area contributed by atoms with Gasteiger partial charge in [-0.3, -0.25) is 9.59 Å². The molecule has 6 nitrogen and oxygen atoms in total. The molecule has 238 valence electrons. The standard InChI is InChI=1S/C40H46N4O2/c45-39(37-13-7-25-41-37)43(27-23-31-9-3-1-4-10-31)29-33-15-19-35(20-16-33)36-21-17-34(18-22-36)30-44(40(46)38-14-8-26-42-38)28-24-32-11-5-2-6-12-32/h1-6,9-12,15-22,37-38,41-42H,7-8,13-14,23-30H2/t37-,38-/m0/s1. The van der Waals surface area contributed by atoms with Crippen molar-refractivity contribution in [2.24, 2.45) is 0 Å². The minimum atomic E-state index is -0.0763. The van der Waals surface area contributed by atoms with Gasteiger partial charge in [0, 0.05) is 26.2 Å². The van der Waals surface area contributed by atoms with E-state index in [2.05, 4.69) is 108 Å². The maximum absolute atomic E-state index is 13.4. The quantitative estimate of drug-likeness (QED) is 0.194. The summed E-state index contributed by atoms with van der Waals surface area (Å²) in [6.07, 6.45) is 5.61. The minimum absolute atomic E-state index is 0.0763. The molecule has 6 heteroatoms. The summed E-state index contributed by atoms with van der Waals surface area (Å²) in [5.74, 6) is 0.404. The maximum atomic E-state index is 13.4. The molecule has 0 saturated carbocycles. The molecular weight excluding hydrogens is 568 g/mol. The highest BCUT2D eigenvalue weighted by molar-refractivity contribution is 5.83. The Hall–Kier alpha value is -4.26. The minimum Gasteiger partial charge on any atom is -0.337 e. The lowest BCUT2D eigenvalue weighted by Crippen LogP contribution is -2.44. The van der Waals surface area contributed by atoms with Crippen LogP contribution in [0.5, 0.6) is 0 Å². The fourth-order valence-electron chi connectivity index (χ4n) is 6.63. The normalized spacial score (nSPS) is 17.6. The Kier molecular flexibility index (Phi) is 10.9. The SMILES string of the molecule is O=C([C@@H]1CCCN1)N(CCc1ccccc1)Cc1ccc(-c2ccc(CN(CCc3ccccc3)C(=O)[C@@H]3CCCN3)cc2)cc1. The molecule has 0 aromatic heterocycles. The molecule has 2 aliphatic rings. The van der Waals surface area contributed by atoms with Gasteiger partial charge in [-0.05, 0) is 85.0 Å². The average Bonchev–Trinajstić information content (AvgIpc) is 3.85. The summed E-state index contributed by atoms with van der Waals surface area (Å²) in [6, 6.07) is 37.8. The van der Waals surface area contributed by atoms with E-state index in [9.17, 15) is 9.59 Å². The molecule has 2 N–H and O–H groups in total. The Balaban J connectivity index is 1.10. The average molecular weight is 615 g/mol. The molecular formula is C40H46N4O2. The summed E-state index contributed by atoms with van der Waals surface area (Å²) in [7, 11) is 0. The van der Waals surface area contributed by atoms with E-state index < -0.39 is 0 Å². The zero-order valence-electron chi connectivity index (χ0n) is 26.7. The molecule has 0 unspecified atom stereocenters. The van der Waals surface area contributed by atoms with Gasteiger partial charge in [0.15, 0.2) is 0 Å². The Morgan fingerprint density at radius 2 is 0.913 bits per heavy atom. The Labute approximate surface area is 273 Å². The van der Waals surface area contributed by atoms with Crippen molar-refractivity contribution < 1.29 is 9.59 Å². The fourth-order valence-corrected chi connectivity index (χ4v) is 6.63. The van der Waals surface area contributed by atoms with Gasteiger partial charge in [0.05, 0.1) is 12.1 Å². The third-order valence-electron chi connectivity index (χ3n) is 9.35. The summed E-state index contributed by atoms with van der Waals surface area (Å²) >= 11 is 0. The Bertz CT molecular complexity index is 1410. The molecule has 2 saturated heterocycles. The van der Waals surface area contributed by atoms with Crippen molar-refractivity contribution in [2.45, 2.75) is 63.7 Å². The Morgan fingerprint density at radius 3 is 1.26 bits per heavy atom. The van der Waals surface area contributed by atoms with Crippen molar-refractivity contribution >= 4 is 11.8 Å². The molecule has 6 rings (SSSR count). The molecule has 46 heavy (non-hydrogen) atoms. The van der Waals surface area contributed by atoms with Gasteiger partial charge in [0.1, 0.15) is 0 Å². The lowest BCUT2D eigenvalue weighted by atomic mass is 10.0. The zero-order chi connectivity index (χ0) is 31.6. The van der Waals surface area contributed by atoms with Gasteiger partial charge in [0.2, 0.25) is 11.8 Å². The monoisotopic (exact) mass is 614 g/mol. The molecule has 0 radical (unpaired) electrons. The van der Waals surface area contributed by atoms with Crippen LogP contribution in [0.2, 0.25) is 0 Å². The third kappa shape index (κ3) is 8.51. The van der Waals surface area contributed by atoms with Crippen molar-refractivity contribution in [1.29, 1.82) is 0 Å². The number of hydrogen-bond donors (Lipinski definition) is 2. The number of carbonyl (C=O) groups excluding carboxylic acids is 2. The number of rotatable bonds is 13. The first-order valence-electron chi connectivity index (χ1n) is 16.9. The smallest absolute Gasteiger partial charge is 0.240 e. The van der Waals surface area contributed by atoms with E-state index in [4.69, 9.17) is 0 Å². The molecule has 2 fully saturated rings. The lowest BCUT2D eigenvalue weighted by Gasteiger charge is -2.26. The Morgan fingerprint density at radius 1 is 0.522 bits per heavy atom. The molecule has 0 spiro atoms. The number of nitrogens with zero attached hydrogens (tertiary/aromatic N) is 2. The predicted octanol–water partition coefficient (Wildman–Crippen LogP) is 6.00. The van der Waals surface area contributed by atoms with Gasteiger partial charge >= 0.3 is 0 Å². The second kappa shape index (κ2) is 15.8. The van der Waals surface area contributed by atoms with Crippen LogP contribution in [0.4, 0.5) is 0 Å². The summed E-state index contributed by atoms with van der Waals surface area (Å²) < 4.78 is 0. The topological polar surface area (TPSA) is 64.7 Å². The lowest BCUT2D eigenvalue weighted by molar-refractivity contribution is -0.134. The number of carbonyl (C=O) groups is 2. The fraction of sp³-hybridized carbons (Fsp3) is 0.350. The first kappa shape index (κ1) is 31.7. The number of hydrogen-bond acceptors (Lipinski definition) is 4. The highest BCUT2D eigenvalue weighted by Crippen LogP contribution is 2.23. The predicted molar refractivity (Wildman–Crippen MR) is 185 cm³/mol. The maximum Gasteiger partial charge on any atom is 0.240 e. The number of amides is 2. The molecule has 4 aromatic carbocycles. The molecule has 2 atom stereocenters. The first-order valence-corrected chi connectivity index (χ1v) is 16.9. The van der Waals surface area contributed by atoms with Crippen molar-refractivity contribution in [2.75, 3.05) is 26.2 Å². The van der Waals surface area contributed by atoms with Crippen molar-refractivity contribution in [1.82, 2.24) is 20.4 Å². The van der Waals surface area contributed by atoms with Gasteiger partial charge in [-0.15, -0.1) is 0 Å². The number of benzene rings is 4. The number of nitrogens with one attached hydrogen (secondary N) is 2. The molecule has 2 amide bonds. The molecule has 2 aliphatic heterocycles. The van der Waals surface area contributed by atoms with E-state index in [0.29, 0.717) is 26.2 Å². The van der Waals surface area contributed by atoms with Gasteiger partial charge in [-0.2, -0.15) is 0 Å². The highest BCUT2D eigenvalue weighted by Gasteiger charge is 2.28. The second-order valence-corrected chi connectivity index (χ2v) is 12.7. The zero-order valence-corrected chi connectivity index (χ0v) is 26.7.